The zero-order chi connectivity index (χ0) is 44.2. The summed E-state index contributed by atoms with van der Waals surface area (Å²) < 4.78 is 7.35. The predicted octanol–water partition coefficient (Wildman–Crippen LogP) is 5.35. The van der Waals surface area contributed by atoms with E-state index in [9.17, 15) is 28.8 Å². The van der Waals surface area contributed by atoms with Crippen LogP contribution in [-0.2, 0) is 14.4 Å². The summed E-state index contributed by atoms with van der Waals surface area (Å²) in [7, 11) is 0. The van der Waals surface area contributed by atoms with Gasteiger partial charge < -0.3 is 29.3 Å². The first-order valence-corrected chi connectivity index (χ1v) is 22.4. The first-order valence-electron chi connectivity index (χ1n) is 22.0. The molecule has 4 fully saturated rings. The van der Waals surface area contributed by atoms with Gasteiger partial charge in [0.2, 0.25) is 17.8 Å². The molecular weight excluding hydrogens is 826 g/mol. The van der Waals surface area contributed by atoms with E-state index in [4.69, 9.17) is 21.3 Å². The average Bonchev–Trinajstić information content (AvgIpc) is 3.50. The van der Waals surface area contributed by atoms with E-state index in [0.29, 0.717) is 40.3 Å². The minimum atomic E-state index is -0.973. The fraction of sp³-hybridized carbons (Fsp3) is 0.478. The van der Waals surface area contributed by atoms with Gasteiger partial charge in [0.1, 0.15) is 17.7 Å². The third-order valence-electron chi connectivity index (χ3n) is 13.5. The minimum Gasteiger partial charge on any atom is -0.480 e. The molecule has 4 saturated heterocycles. The fourth-order valence-corrected chi connectivity index (χ4v) is 9.96. The molecule has 0 saturated carbocycles. The maximum absolute atomic E-state index is 13.4. The van der Waals surface area contributed by atoms with Gasteiger partial charge in [-0.15, -0.1) is 0 Å². The number of aromatic nitrogens is 3. The summed E-state index contributed by atoms with van der Waals surface area (Å²) in [5.74, 6) is -0.245. The number of rotatable bonds is 12. The van der Waals surface area contributed by atoms with Gasteiger partial charge in [-0.2, -0.15) is 4.98 Å². The maximum atomic E-state index is 13.4. The summed E-state index contributed by atoms with van der Waals surface area (Å²) in [6.07, 6.45) is 6.45. The van der Waals surface area contributed by atoms with E-state index in [1.54, 1.807) is 35.9 Å². The van der Waals surface area contributed by atoms with Gasteiger partial charge >= 0.3 is 0 Å². The zero-order valence-electron chi connectivity index (χ0n) is 35.8. The SMILES string of the molecule is CCC(=O)COc1cc2cc(Nc3nc(N4CCC(CN5CCC6(CC5)CN(c5ccc7c(c5)C(=O)N(C5CCC(=O)NC5=O)C7=O)C6)CC4)ncc3Cl)ccc2n(C(C)C)c1=O. The number of carbonyl (C=O) groups excluding carboxylic acids is 5. The highest BCUT2D eigenvalue weighted by atomic mass is 35.5. The van der Waals surface area contributed by atoms with E-state index >= 15 is 0 Å². The molecule has 0 radical (unpaired) electrons. The van der Waals surface area contributed by atoms with Gasteiger partial charge in [0.25, 0.3) is 17.4 Å². The standard InChI is InChI=1S/C46H52ClN9O7/c1-4-32(57)24-63-38-20-29-19-30(5-8-36(29)55(27(2)3)44(38)62)49-40-35(47)22-48-45(51-40)53-15-11-28(12-16-53)23-52-17-13-46(14-18-52)25-54(26-46)31-6-7-33-34(21-31)43(61)56(42(33)60)37-9-10-39(58)50-41(37)59/h5-8,19-22,27-28,37H,4,9-18,23-26H2,1-3H3,(H,48,49,51)(H,50,58,59). The number of ether oxygens (including phenoxy) is 1. The lowest BCUT2D eigenvalue weighted by molar-refractivity contribution is -0.136. The van der Waals surface area contributed by atoms with Crippen LogP contribution in [0.4, 0.5) is 23.1 Å². The lowest BCUT2D eigenvalue weighted by Gasteiger charge is -2.55. The number of ketones is 1. The van der Waals surface area contributed by atoms with E-state index < -0.39 is 29.7 Å². The summed E-state index contributed by atoms with van der Waals surface area (Å²) in [5.41, 5.74) is 2.95. The van der Waals surface area contributed by atoms with Gasteiger partial charge in [0, 0.05) is 73.8 Å². The number of anilines is 4. The van der Waals surface area contributed by atoms with E-state index in [0.717, 1.165) is 98.7 Å². The Morgan fingerprint density at radius 1 is 0.937 bits per heavy atom. The molecule has 7 heterocycles. The van der Waals surface area contributed by atoms with Gasteiger partial charge in [0.15, 0.2) is 17.4 Å². The molecule has 1 unspecified atom stereocenters. The molecule has 1 spiro atoms. The molecule has 17 heteroatoms. The van der Waals surface area contributed by atoms with Crippen molar-refractivity contribution >= 4 is 75.1 Å². The Morgan fingerprint density at radius 2 is 1.68 bits per heavy atom. The van der Waals surface area contributed by atoms with Crippen LogP contribution in [0, 0.1) is 11.3 Å². The van der Waals surface area contributed by atoms with Crippen LogP contribution < -0.4 is 30.7 Å². The number of imide groups is 2. The van der Waals surface area contributed by atoms with Crippen molar-refractivity contribution in [2.45, 2.75) is 77.8 Å². The molecular formula is C46H52ClN9O7. The maximum Gasteiger partial charge on any atom is 0.293 e. The van der Waals surface area contributed by atoms with Crippen molar-refractivity contribution in [2.24, 2.45) is 11.3 Å². The molecule has 0 aliphatic carbocycles. The first kappa shape index (κ1) is 42.4. The normalized spacial score (nSPS) is 20.4. The van der Waals surface area contributed by atoms with Gasteiger partial charge in [-0.1, -0.05) is 18.5 Å². The van der Waals surface area contributed by atoms with Crippen LogP contribution in [0.5, 0.6) is 5.75 Å². The molecule has 330 valence electrons. The Morgan fingerprint density at radius 3 is 2.40 bits per heavy atom. The summed E-state index contributed by atoms with van der Waals surface area (Å²) >= 11 is 6.62. The zero-order valence-corrected chi connectivity index (χ0v) is 36.6. The van der Waals surface area contributed by atoms with Crippen LogP contribution in [0.25, 0.3) is 10.9 Å². The molecule has 2 N–H and O–H groups in total. The van der Waals surface area contributed by atoms with E-state index in [-0.39, 0.29) is 48.0 Å². The molecule has 16 nitrogen and oxygen atoms in total. The highest BCUT2D eigenvalue weighted by molar-refractivity contribution is 6.33. The number of Topliss-reactive ketones (excluding diaryl/α,β-unsaturated/α-hetero) is 1. The third kappa shape index (κ3) is 8.26. The van der Waals surface area contributed by atoms with Crippen LogP contribution in [-0.4, -0.2) is 112 Å². The Hall–Kier alpha value is -5.87. The molecule has 4 aromatic rings. The third-order valence-corrected chi connectivity index (χ3v) is 13.7. The monoisotopic (exact) mass is 877 g/mol. The Labute approximate surface area is 369 Å². The molecule has 9 rings (SSSR count). The van der Waals surface area contributed by atoms with Crippen LogP contribution in [0.3, 0.4) is 0 Å². The van der Waals surface area contributed by atoms with Gasteiger partial charge in [-0.25, -0.2) is 4.98 Å². The largest absolute Gasteiger partial charge is 0.480 e. The molecule has 5 aliphatic rings. The second kappa shape index (κ2) is 17.0. The second-order valence-corrected chi connectivity index (χ2v) is 18.4. The summed E-state index contributed by atoms with van der Waals surface area (Å²) in [6.45, 7) is 12.1. The van der Waals surface area contributed by atoms with E-state index in [2.05, 4.69) is 30.3 Å². The number of carbonyl (C=O) groups is 5. The number of amides is 4. The molecule has 2 aromatic carbocycles. The van der Waals surface area contributed by atoms with Crippen LogP contribution >= 0.6 is 11.6 Å². The van der Waals surface area contributed by atoms with Crippen LogP contribution in [0.2, 0.25) is 5.02 Å². The van der Waals surface area contributed by atoms with Crippen molar-refractivity contribution in [3.63, 3.8) is 0 Å². The van der Waals surface area contributed by atoms with Crippen molar-refractivity contribution in [1.82, 2.24) is 29.7 Å². The van der Waals surface area contributed by atoms with Crippen molar-refractivity contribution in [3.05, 3.63) is 75.2 Å². The first-order chi connectivity index (χ1) is 30.3. The number of halogens is 1. The molecule has 4 amide bonds. The highest BCUT2D eigenvalue weighted by Crippen LogP contribution is 2.44. The van der Waals surface area contributed by atoms with Crippen molar-refractivity contribution in [1.29, 1.82) is 0 Å². The number of pyridine rings is 1. The van der Waals surface area contributed by atoms with Gasteiger partial charge in [0.05, 0.1) is 22.8 Å². The number of hydrogen-bond donors (Lipinski definition) is 2. The Balaban J connectivity index is 0.765. The van der Waals surface area contributed by atoms with Crippen molar-refractivity contribution < 1.29 is 28.7 Å². The number of benzene rings is 2. The molecule has 2 aromatic heterocycles. The molecule has 0 bridgehead atoms. The smallest absolute Gasteiger partial charge is 0.293 e. The van der Waals surface area contributed by atoms with Gasteiger partial charge in [-0.3, -0.25) is 39.0 Å². The number of nitrogens with zero attached hydrogens (tertiary/aromatic N) is 7. The Kier molecular flexibility index (Phi) is 11.5. The van der Waals surface area contributed by atoms with Crippen molar-refractivity contribution in [3.8, 4) is 5.75 Å². The number of likely N-dealkylation sites (tertiary alicyclic amines) is 1. The lowest BCUT2D eigenvalue weighted by Crippen LogP contribution is -2.60. The Bertz CT molecular complexity index is 2570. The topological polar surface area (TPSA) is 179 Å². The summed E-state index contributed by atoms with van der Waals surface area (Å²) in [5, 5.41) is 6.76. The van der Waals surface area contributed by atoms with Crippen molar-refractivity contribution in [2.75, 3.05) is 67.5 Å². The fourth-order valence-electron chi connectivity index (χ4n) is 9.82. The predicted molar refractivity (Wildman–Crippen MR) is 238 cm³/mol. The number of piperidine rings is 3. The van der Waals surface area contributed by atoms with E-state index in [1.165, 1.54) is 0 Å². The molecule has 63 heavy (non-hydrogen) atoms. The number of nitrogens with one attached hydrogen (secondary N) is 2. The quantitative estimate of drug-likeness (QED) is 0.174. The second-order valence-electron chi connectivity index (χ2n) is 18.0. The number of hydrogen-bond acceptors (Lipinski definition) is 13. The average molecular weight is 878 g/mol. The molecule has 5 aliphatic heterocycles. The minimum absolute atomic E-state index is 0.0839. The van der Waals surface area contributed by atoms with E-state index in [1.807, 2.05) is 38.1 Å². The van der Waals surface area contributed by atoms with Gasteiger partial charge in [-0.05, 0) is 107 Å². The lowest BCUT2D eigenvalue weighted by atomic mass is 9.71. The summed E-state index contributed by atoms with van der Waals surface area (Å²) in [4.78, 5) is 93.4. The van der Waals surface area contributed by atoms with Crippen LogP contribution in [0.15, 0.2) is 53.5 Å². The molecule has 1 atom stereocenters. The van der Waals surface area contributed by atoms with Crippen LogP contribution in [0.1, 0.15) is 92.5 Å². The summed E-state index contributed by atoms with van der Waals surface area (Å²) in [6, 6.07) is 11.6. The highest BCUT2D eigenvalue weighted by Gasteiger charge is 2.47. The number of fused-ring (bicyclic) bond motifs is 2.